The molecule has 0 spiro atoms. The third-order valence-electron chi connectivity index (χ3n) is 3.14. The predicted molar refractivity (Wildman–Crippen MR) is 87.4 cm³/mol. The molecule has 0 fully saturated rings. The molecule has 106 valence electrons. The van der Waals surface area contributed by atoms with Crippen LogP contribution >= 0.6 is 27.7 Å². The van der Waals surface area contributed by atoms with Crippen LogP contribution in [0.15, 0.2) is 57.9 Å². The van der Waals surface area contributed by atoms with Crippen molar-refractivity contribution in [2.75, 3.05) is 0 Å². The number of hydrogen-bond acceptors (Lipinski definition) is 2. The molecule has 0 aliphatic heterocycles. The van der Waals surface area contributed by atoms with E-state index >= 15 is 0 Å². The Labute approximate surface area is 131 Å². The second kappa shape index (κ2) is 7.25. The molecule has 0 amide bonds. The lowest BCUT2D eigenvalue weighted by Gasteiger charge is -2.23. The Morgan fingerprint density at radius 2 is 1.70 bits per heavy atom. The van der Waals surface area contributed by atoms with E-state index < -0.39 is 0 Å². The monoisotopic (exact) mass is 353 g/mol. The van der Waals surface area contributed by atoms with Crippen molar-refractivity contribution in [2.24, 2.45) is 5.73 Å². The molecule has 2 aromatic carbocycles. The second-order valence-corrected chi connectivity index (χ2v) is 6.75. The Kier molecular flexibility index (Phi) is 5.64. The number of rotatable bonds is 5. The van der Waals surface area contributed by atoms with E-state index in [1.165, 1.54) is 17.7 Å². The fourth-order valence-corrected chi connectivity index (χ4v) is 3.44. The van der Waals surface area contributed by atoms with Crippen molar-refractivity contribution < 1.29 is 4.39 Å². The Morgan fingerprint density at radius 3 is 2.25 bits per heavy atom. The summed E-state index contributed by atoms with van der Waals surface area (Å²) >= 11 is 5.13. The molecule has 2 rings (SSSR count). The van der Waals surface area contributed by atoms with Gasteiger partial charge in [0.05, 0.1) is 0 Å². The van der Waals surface area contributed by atoms with Gasteiger partial charge in [-0.25, -0.2) is 4.39 Å². The van der Waals surface area contributed by atoms with E-state index in [-0.39, 0.29) is 17.1 Å². The molecule has 20 heavy (non-hydrogen) atoms. The summed E-state index contributed by atoms with van der Waals surface area (Å²) < 4.78 is 14.0. The Balaban J connectivity index is 2.23. The number of nitrogens with two attached hydrogens (primary N) is 1. The molecule has 2 aromatic rings. The summed E-state index contributed by atoms with van der Waals surface area (Å²) in [5.41, 5.74) is 7.45. The highest BCUT2D eigenvalue weighted by Crippen LogP contribution is 2.38. The fraction of sp³-hybridized carbons (Fsp3) is 0.250. The van der Waals surface area contributed by atoms with Crippen LogP contribution in [0.2, 0.25) is 0 Å². The molecule has 0 saturated carbocycles. The van der Waals surface area contributed by atoms with E-state index in [1.807, 2.05) is 12.1 Å². The lowest BCUT2D eigenvalue weighted by Crippen LogP contribution is -2.25. The molecule has 0 heterocycles. The van der Waals surface area contributed by atoms with Gasteiger partial charge in [-0.15, -0.1) is 11.8 Å². The normalized spacial score (nSPS) is 14.0. The summed E-state index contributed by atoms with van der Waals surface area (Å²) in [4.78, 5) is 1.03. The van der Waals surface area contributed by atoms with Crippen LogP contribution in [0.1, 0.15) is 24.2 Å². The van der Waals surface area contributed by atoms with Gasteiger partial charge in [0.2, 0.25) is 0 Å². The summed E-state index contributed by atoms with van der Waals surface area (Å²) in [7, 11) is 0. The first kappa shape index (κ1) is 15.5. The van der Waals surface area contributed by atoms with Gasteiger partial charge in [0.15, 0.2) is 0 Å². The minimum Gasteiger partial charge on any atom is -0.326 e. The van der Waals surface area contributed by atoms with Gasteiger partial charge in [-0.1, -0.05) is 35.0 Å². The third kappa shape index (κ3) is 4.08. The van der Waals surface area contributed by atoms with Gasteiger partial charge in [-0.2, -0.15) is 0 Å². The number of halogens is 2. The molecule has 2 unspecified atom stereocenters. The Hall–Kier alpha value is -0.840. The van der Waals surface area contributed by atoms with Crippen molar-refractivity contribution in [1.82, 2.24) is 0 Å². The van der Waals surface area contributed by atoms with E-state index in [2.05, 4.69) is 35.0 Å². The van der Waals surface area contributed by atoms with Crippen molar-refractivity contribution in [3.05, 3.63) is 64.4 Å². The maximum Gasteiger partial charge on any atom is 0.123 e. The predicted octanol–water partition coefficient (Wildman–Crippen LogP) is 5.16. The standard InChI is InChI=1S/C16H17BrFNS/c1-2-15(19)16(11-3-5-12(17)6-4-11)20-14-9-7-13(18)8-10-14/h3-10,15-16H,2,19H2,1H3. The van der Waals surface area contributed by atoms with Crippen LogP contribution in [0.5, 0.6) is 0 Å². The summed E-state index contributed by atoms with van der Waals surface area (Å²) in [6.07, 6.45) is 0.898. The topological polar surface area (TPSA) is 26.0 Å². The van der Waals surface area contributed by atoms with Crippen molar-refractivity contribution >= 4 is 27.7 Å². The molecule has 2 atom stereocenters. The first-order valence-corrected chi connectivity index (χ1v) is 8.20. The largest absolute Gasteiger partial charge is 0.326 e. The Bertz CT molecular complexity index is 541. The fourth-order valence-electron chi connectivity index (χ4n) is 1.93. The molecular weight excluding hydrogens is 337 g/mol. The van der Waals surface area contributed by atoms with Crippen LogP contribution in [0.3, 0.4) is 0 Å². The minimum absolute atomic E-state index is 0.0613. The van der Waals surface area contributed by atoms with Gasteiger partial charge in [0.25, 0.3) is 0 Å². The van der Waals surface area contributed by atoms with Gasteiger partial charge >= 0.3 is 0 Å². The smallest absolute Gasteiger partial charge is 0.123 e. The van der Waals surface area contributed by atoms with E-state index in [0.717, 1.165) is 15.8 Å². The highest BCUT2D eigenvalue weighted by molar-refractivity contribution is 9.10. The van der Waals surface area contributed by atoms with Crippen molar-refractivity contribution in [3.63, 3.8) is 0 Å². The first-order valence-electron chi connectivity index (χ1n) is 6.53. The molecule has 1 nitrogen and oxygen atoms in total. The third-order valence-corrected chi connectivity index (χ3v) is 5.08. The minimum atomic E-state index is -0.214. The van der Waals surface area contributed by atoms with E-state index in [9.17, 15) is 4.39 Å². The zero-order valence-corrected chi connectivity index (χ0v) is 13.6. The SMILES string of the molecule is CCC(N)C(Sc1ccc(F)cc1)c1ccc(Br)cc1. The van der Waals surface area contributed by atoms with Crippen LogP contribution in [-0.2, 0) is 0 Å². The molecule has 4 heteroatoms. The number of benzene rings is 2. The van der Waals surface area contributed by atoms with Crippen LogP contribution in [0.4, 0.5) is 4.39 Å². The zero-order chi connectivity index (χ0) is 14.5. The lowest BCUT2D eigenvalue weighted by atomic mass is 10.0. The average Bonchev–Trinajstić information content (AvgIpc) is 2.47. The molecule has 0 aliphatic rings. The second-order valence-electron chi connectivity index (χ2n) is 4.62. The van der Waals surface area contributed by atoms with Crippen molar-refractivity contribution in [3.8, 4) is 0 Å². The lowest BCUT2D eigenvalue weighted by molar-refractivity contribution is 0.625. The van der Waals surface area contributed by atoms with Gasteiger partial charge in [-0.3, -0.25) is 0 Å². The summed E-state index contributed by atoms with van der Waals surface area (Å²) in [6, 6.07) is 14.8. The number of thioether (sulfide) groups is 1. The zero-order valence-electron chi connectivity index (χ0n) is 11.2. The summed E-state index contributed by atoms with van der Waals surface area (Å²) in [6.45, 7) is 2.09. The Morgan fingerprint density at radius 1 is 1.10 bits per heavy atom. The van der Waals surface area contributed by atoms with Crippen molar-refractivity contribution in [1.29, 1.82) is 0 Å². The van der Waals surface area contributed by atoms with Crippen LogP contribution in [-0.4, -0.2) is 6.04 Å². The quantitative estimate of drug-likeness (QED) is 0.751. The average molecular weight is 354 g/mol. The van der Waals surface area contributed by atoms with Gasteiger partial charge in [0.1, 0.15) is 5.82 Å². The first-order chi connectivity index (χ1) is 9.60. The summed E-state index contributed by atoms with van der Waals surface area (Å²) in [5, 5.41) is 0.165. The maximum absolute atomic E-state index is 13.0. The number of hydrogen-bond donors (Lipinski definition) is 1. The molecular formula is C16H17BrFNS. The highest BCUT2D eigenvalue weighted by atomic mass is 79.9. The van der Waals surface area contributed by atoms with Crippen LogP contribution in [0.25, 0.3) is 0 Å². The van der Waals surface area contributed by atoms with E-state index in [1.54, 1.807) is 23.9 Å². The van der Waals surface area contributed by atoms with Gasteiger partial charge in [-0.05, 0) is 48.4 Å². The van der Waals surface area contributed by atoms with Crippen molar-refractivity contribution in [2.45, 2.75) is 29.5 Å². The molecule has 0 aliphatic carbocycles. The molecule has 2 N–H and O–H groups in total. The van der Waals surface area contributed by atoms with Gasteiger partial charge in [0, 0.05) is 20.7 Å². The molecule has 0 saturated heterocycles. The molecule has 0 aromatic heterocycles. The van der Waals surface area contributed by atoms with Gasteiger partial charge < -0.3 is 5.73 Å². The van der Waals surface area contributed by atoms with Crippen LogP contribution < -0.4 is 5.73 Å². The van der Waals surface area contributed by atoms with Crippen LogP contribution in [0, 0.1) is 5.82 Å². The van der Waals surface area contributed by atoms with E-state index in [4.69, 9.17) is 5.73 Å². The summed E-state index contributed by atoms with van der Waals surface area (Å²) in [5.74, 6) is -0.214. The maximum atomic E-state index is 13.0. The molecule has 0 bridgehead atoms. The highest BCUT2D eigenvalue weighted by Gasteiger charge is 2.19. The molecule has 0 radical (unpaired) electrons. The van der Waals surface area contributed by atoms with E-state index in [0.29, 0.717) is 0 Å².